The van der Waals surface area contributed by atoms with E-state index in [1.54, 1.807) is 24.3 Å². The summed E-state index contributed by atoms with van der Waals surface area (Å²) in [5.41, 5.74) is -0.664. The molecule has 0 aliphatic carbocycles. The van der Waals surface area contributed by atoms with Crippen molar-refractivity contribution in [2.75, 3.05) is 0 Å². The Morgan fingerprint density at radius 3 is 2.30 bits per heavy atom. The molecule has 0 aliphatic heterocycles. The summed E-state index contributed by atoms with van der Waals surface area (Å²) in [5.74, 6) is -0.951. The first-order valence-corrected chi connectivity index (χ1v) is 9.02. The second kappa shape index (κ2) is 7.90. The van der Waals surface area contributed by atoms with E-state index in [1.807, 2.05) is 34.6 Å². The lowest BCUT2D eigenvalue weighted by atomic mass is 10.1. The van der Waals surface area contributed by atoms with E-state index in [4.69, 9.17) is 4.74 Å². The lowest BCUT2D eigenvalue weighted by molar-refractivity contribution is -0.130. The maximum absolute atomic E-state index is 12.7. The lowest BCUT2D eigenvalue weighted by Gasteiger charge is -2.23. The van der Waals surface area contributed by atoms with Crippen LogP contribution in [0.3, 0.4) is 0 Å². The molecular formula is C20H27N3O4. The predicted molar refractivity (Wildman–Crippen MR) is 104 cm³/mol. The van der Waals surface area contributed by atoms with Crippen molar-refractivity contribution in [2.45, 2.75) is 59.7 Å². The van der Waals surface area contributed by atoms with Gasteiger partial charge in [-0.25, -0.2) is 9.48 Å². The number of amides is 1. The van der Waals surface area contributed by atoms with Gasteiger partial charge in [0.2, 0.25) is 0 Å². The number of rotatable bonds is 5. The Labute approximate surface area is 158 Å². The van der Waals surface area contributed by atoms with Gasteiger partial charge in [0.15, 0.2) is 11.8 Å². The van der Waals surface area contributed by atoms with E-state index in [-0.39, 0.29) is 17.2 Å². The van der Waals surface area contributed by atoms with Crippen LogP contribution in [0, 0.1) is 5.92 Å². The van der Waals surface area contributed by atoms with Gasteiger partial charge in [0.25, 0.3) is 11.5 Å². The fraction of sp³-hybridized carbons (Fsp3) is 0.500. The van der Waals surface area contributed by atoms with Gasteiger partial charge in [-0.15, -0.1) is 0 Å². The molecule has 0 aliphatic rings. The summed E-state index contributed by atoms with van der Waals surface area (Å²) in [6.07, 6.45) is -0.984. The van der Waals surface area contributed by atoms with E-state index in [0.717, 1.165) is 0 Å². The molecule has 1 heterocycles. The van der Waals surface area contributed by atoms with E-state index in [2.05, 4.69) is 10.4 Å². The first kappa shape index (κ1) is 20.6. The topological polar surface area (TPSA) is 90.3 Å². The highest BCUT2D eigenvalue weighted by Gasteiger charge is 2.25. The minimum atomic E-state index is -0.984. The zero-order chi connectivity index (χ0) is 20.4. The Hall–Kier alpha value is -2.70. The summed E-state index contributed by atoms with van der Waals surface area (Å²) in [7, 11) is 0. The number of carbonyl (C=O) groups is 2. The molecule has 1 N–H and O–H groups in total. The zero-order valence-electron chi connectivity index (χ0n) is 16.7. The van der Waals surface area contributed by atoms with Crippen LogP contribution in [-0.2, 0) is 16.1 Å². The van der Waals surface area contributed by atoms with Crippen molar-refractivity contribution in [2.24, 2.45) is 5.92 Å². The molecule has 1 amide bonds. The van der Waals surface area contributed by atoms with Gasteiger partial charge < -0.3 is 10.1 Å². The van der Waals surface area contributed by atoms with Gasteiger partial charge in [0, 0.05) is 17.5 Å². The summed E-state index contributed by atoms with van der Waals surface area (Å²) in [5, 5.41) is 7.80. The monoisotopic (exact) mass is 373 g/mol. The van der Waals surface area contributed by atoms with Crippen LogP contribution in [-0.4, -0.2) is 33.3 Å². The molecule has 2 rings (SSSR count). The Morgan fingerprint density at radius 2 is 1.74 bits per heavy atom. The van der Waals surface area contributed by atoms with Crippen LogP contribution in [0.2, 0.25) is 0 Å². The fourth-order valence-corrected chi connectivity index (χ4v) is 2.60. The molecule has 0 saturated carbocycles. The van der Waals surface area contributed by atoms with Crippen molar-refractivity contribution < 1.29 is 14.3 Å². The molecule has 0 spiro atoms. The largest absolute Gasteiger partial charge is 0.448 e. The van der Waals surface area contributed by atoms with E-state index >= 15 is 0 Å². The van der Waals surface area contributed by atoms with Gasteiger partial charge in [-0.1, -0.05) is 32.0 Å². The standard InChI is InChI=1S/C20H27N3O4/c1-12(2)11-23-18(25)15-10-8-7-9-14(15)16(22-23)19(26)27-13(3)17(24)21-20(4,5)6/h7-10,12-13H,11H2,1-6H3,(H,21,24)/t13-/m0/s1. The van der Waals surface area contributed by atoms with Gasteiger partial charge >= 0.3 is 5.97 Å². The number of hydrogen-bond donors (Lipinski definition) is 1. The number of nitrogens with zero attached hydrogens (tertiary/aromatic N) is 2. The van der Waals surface area contributed by atoms with Crippen LogP contribution in [0.1, 0.15) is 52.0 Å². The molecule has 0 fully saturated rings. The van der Waals surface area contributed by atoms with Crippen LogP contribution in [0.25, 0.3) is 10.8 Å². The van der Waals surface area contributed by atoms with E-state index in [1.165, 1.54) is 11.6 Å². The van der Waals surface area contributed by atoms with E-state index < -0.39 is 23.5 Å². The van der Waals surface area contributed by atoms with E-state index in [9.17, 15) is 14.4 Å². The summed E-state index contributed by atoms with van der Waals surface area (Å²) in [4.78, 5) is 37.5. The summed E-state index contributed by atoms with van der Waals surface area (Å²) >= 11 is 0. The van der Waals surface area contributed by atoms with E-state index in [0.29, 0.717) is 17.3 Å². The molecule has 1 atom stereocenters. The fourth-order valence-electron chi connectivity index (χ4n) is 2.60. The molecule has 2 aromatic rings. The van der Waals surface area contributed by atoms with Crippen molar-refractivity contribution in [3.05, 3.63) is 40.3 Å². The summed E-state index contributed by atoms with van der Waals surface area (Å²) < 4.78 is 6.60. The van der Waals surface area contributed by atoms with Crippen LogP contribution >= 0.6 is 0 Å². The minimum absolute atomic E-state index is 0.0289. The van der Waals surface area contributed by atoms with Crippen molar-refractivity contribution >= 4 is 22.6 Å². The first-order valence-electron chi connectivity index (χ1n) is 9.02. The maximum Gasteiger partial charge on any atom is 0.360 e. The van der Waals surface area contributed by atoms with Gasteiger partial charge in [0.1, 0.15) is 0 Å². The van der Waals surface area contributed by atoms with Crippen LogP contribution < -0.4 is 10.9 Å². The third-order valence-electron chi connectivity index (χ3n) is 3.75. The minimum Gasteiger partial charge on any atom is -0.448 e. The maximum atomic E-state index is 12.7. The van der Waals surface area contributed by atoms with Crippen molar-refractivity contribution in [1.82, 2.24) is 15.1 Å². The number of esters is 1. The lowest BCUT2D eigenvalue weighted by Crippen LogP contribution is -2.46. The molecule has 0 unspecified atom stereocenters. The van der Waals surface area contributed by atoms with Crippen molar-refractivity contribution in [3.63, 3.8) is 0 Å². The van der Waals surface area contributed by atoms with Gasteiger partial charge in [-0.3, -0.25) is 9.59 Å². The molecule has 1 aromatic carbocycles. The van der Waals surface area contributed by atoms with Gasteiger partial charge in [0.05, 0.1) is 5.39 Å². The molecule has 146 valence electrons. The summed E-state index contributed by atoms with van der Waals surface area (Å²) in [6.45, 7) is 11.3. The average molecular weight is 373 g/mol. The smallest absolute Gasteiger partial charge is 0.360 e. The van der Waals surface area contributed by atoms with Crippen molar-refractivity contribution in [3.8, 4) is 0 Å². The third-order valence-corrected chi connectivity index (χ3v) is 3.75. The quantitative estimate of drug-likeness (QED) is 0.813. The van der Waals surface area contributed by atoms with Gasteiger partial charge in [-0.2, -0.15) is 5.10 Å². The zero-order valence-corrected chi connectivity index (χ0v) is 16.7. The number of aromatic nitrogens is 2. The van der Waals surface area contributed by atoms with Crippen LogP contribution in [0.5, 0.6) is 0 Å². The molecule has 0 bridgehead atoms. The normalized spacial score (nSPS) is 12.9. The number of carbonyl (C=O) groups excluding carboxylic acids is 2. The molecular weight excluding hydrogens is 346 g/mol. The molecule has 7 heteroatoms. The number of benzene rings is 1. The highest BCUT2D eigenvalue weighted by Crippen LogP contribution is 2.15. The Morgan fingerprint density at radius 1 is 1.15 bits per heavy atom. The molecule has 7 nitrogen and oxygen atoms in total. The average Bonchev–Trinajstić information content (AvgIpc) is 2.55. The predicted octanol–water partition coefficient (Wildman–Crippen LogP) is 2.51. The SMILES string of the molecule is CC(C)Cn1nc(C(=O)O[C@@H](C)C(=O)NC(C)(C)C)c2ccccc2c1=O. The van der Waals surface area contributed by atoms with Crippen LogP contribution in [0.15, 0.2) is 29.1 Å². The number of nitrogens with one attached hydrogen (secondary N) is 1. The van der Waals surface area contributed by atoms with Crippen LogP contribution in [0.4, 0.5) is 0 Å². The highest BCUT2D eigenvalue weighted by molar-refractivity contribution is 6.02. The summed E-state index contributed by atoms with van der Waals surface area (Å²) in [6, 6.07) is 6.77. The number of hydrogen-bond acceptors (Lipinski definition) is 5. The Balaban J connectivity index is 2.39. The molecule has 1 aromatic heterocycles. The second-order valence-electron chi connectivity index (χ2n) is 8.06. The first-order chi connectivity index (χ1) is 12.5. The molecule has 0 radical (unpaired) electrons. The Bertz CT molecular complexity index is 910. The number of ether oxygens (including phenoxy) is 1. The highest BCUT2D eigenvalue weighted by atomic mass is 16.5. The van der Waals surface area contributed by atoms with Crippen molar-refractivity contribution in [1.29, 1.82) is 0 Å². The molecule has 27 heavy (non-hydrogen) atoms. The third kappa shape index (κ3) is 5.15. The second-order valence-corrected chi connectivity index (χ2v) is 8.06. The Kier molecular flexibility index (Phi) is 6.03. The van der Waals surface area contributed by atoms with Gasteiger partial charge in [-0.05, 0) is 39.7 Å². The molecule has 0 saturated heterocycles. The number of fused-ring (bicyclic) bond motifs is 1.